The summed E-state index contributed by atoms with van der Waals surface area (Å²) in [5.74, 6) is -0.604. The molecule has 2 saturated heterocycles. The number of rotatable bonds is 5. The summed E-state index contributed by atoms with van der Waals surface area (Å²) in [6.45, 7) is 2.73. The third kappa shape index (κ3) is 3.94. The molecule has 0 radical (unpaired) electrons. The Morgan fingerprint density at radius 1 is 0.969 bits per heavy atom. The highest BCUT2D eigenvalue weighted by Gasteiger charge is 2.37. The normalized spacial score (nSPS) is 21.3. The zero-order chi connectivity index (χ0) is 22.1. The Balaban J connectivity index is 1.29. The number of fused-ring (bicyclic) bond motifs is 1. The molecule has 7 nitrogen and oxygen atoms in total. The van der Waals surface area contributed by atoms with Crippen molar-refractivity contribution in [3.05, 3.63) is 70.8 Å². The van der Waals surface area contributed by atoms with Crippen molar-refractivity contribution in [1.29, 1.82) is 0 Å². The molecule has 3 amide bonds. The first kappa shape index (κ1) is 20.8. The van der Waals surface area contributed by atoms with Gasteiger partial charge in [0.1, 0.15) is 0 Å². The molecule has 5 rings (SSSR count). The van der Waals surface area contributed by atoms with E-state index in [4.69, 9.17) is 9.47 Å². The number of piperidine rings is 1. The van der Waals surface area contributed by atoms with Crippen molar-refractivity contribution in [3.63, 3.8) is 0 Å². The van der Waals surface area contributed by atoms with Crippen molar-refractivity contribution in [2.24, 2.45) is 5.92 Å². The van der Waals surface area contributed by atoms with Gasteiger partial charge in [-0.05, 0) is 43.0 Å². The summed E-state index contributed by atoms with van der Waals surface area (Å²) in [7, 11) is 0. The van der Waals surface area contributed by atoms with Crippen LogP contribution in [0.3, 0.4) is 0 Å². The molecule has 0 aliphatic carbocycles. The van der Waals surface area contributed by atoms with E-state index in [9.17, 15) is 14.4 Å². The van der Waals surface area contributed by atoms with Gasteiger partial charge in [-0.15, -0.1) is 0 Å². The van der Waals surface area contributed by atoms with E-state index < -0.39 is 0 Å². The van der Waals surface area contributed by atoms with Crippen molar-refractivity contribution in [2.45, 2.75) is 25.6 Å². The molecule has 3 heterocycles. The molecule has 166 valence electrons. The number of hydrogen-bond acceptors (Lipinski definition) is 5. The molecule has 0 spiro atoms. The zero-order valence-corrected chi connectivity index (χ0v) is 17.9. The van der Waals surface area contributed by atoms with Crippen LogP contribution in [0.5, 0.6) is 0 Å². The topological polar surface area (TPSA) is 76.2 Å². The summed E-state index contributed by atoms with van der Waals surface area (Å²) in [4.78, 5) is 42.0. The smallest absolute Gasteiger partial charge is 0.261 e. The number of amides is 3. The number of carbonyl (C=O) groups excluding carboxylic acids is 3. The molecule has 0 saturated carbocycles. The molecule has 2 aromatic rings. The fourth-order valence-electron chi connectivity index (χ4n) is 4.76. The number of ether oxygens (including phenoxy) is 2. The van der Waals surface area contributed by atoms with Gasteiger partial charge >= 0.3 is 0 Å². The lowest BCUT2D eigenvalue weighted by molar-refractivity contribution is -0.0969. The summed E-state index contributed by atoms with van der Waals surface area (Å²) < 4.78 is 11.3. The average molecular weight is 434 g/mol. The molecule has 32 heavy (non-hydrogen) atoms. The predicted molar refractivity (Wildman–Crippen MR) is 116 cm³/mol. The van der Waals surface area contributed by atoms with E-state index in [2.05, 4.69) is 0 Å². The van der Waals surface area contributed by atoms with Crippen LogP contribution in [0.25, 0.3) is 0 Å². The molecule has 3 aliphatic rings. The Morgan fingerprint density at radius 3 is 2.50 bits per heavy atom. The first-order valence-corrected chi connectivity index (χ1v) is 11.2. The second-order valence-electron chi connectivity index (χ2n) is 8.52. The summed E-state index contributed by atoms with van der Waals surface area (Å²) >= 11 is 0. The van der Waals surface area contributed by atoms with Crippen LogP contribution in [0.15, 0.2) is 48.5 Å². The minimum absolute atomic E-state index is 0.126. The molecule has 1 atom stereocenters. The SMILES string of the molecule is O=C(c1ccc2c(c1)C(=O)N(CCc1ccccc1)C2=O)N1CCCC(C2OCCO2)C1. The van der Waals surface area contributed by atoms with Crippen LogP contribution < -0.4 is 0 Å². The van der Waals surface area contributed by atoms with E-state index >= 15 is 0 Å². The summed E-state index contributed by atoms with van der Waals surface area (Å²) in [6.07, 6.45) is 2.19. The zero-order valence-electron chi connectivity index (χ0n) is 17.9. The fraction of sp³-hybridized carbons (Fsp3) is 0.400. The largest absolute Gasteiger partial charge is 0.350 e. The van der Waals surface area contributed by atoms with Crippen LogP contribution in [0.4, 0.5) is 0 Å². The number of carbonyl (C=O) groups is 3. The van der Waals surface area contributed by atoms with E-state index in [0.717, 1.165) is 18.4 Å². The van der Waals surface area contributed by atoms with Crippen LogP contribution in [0.1, 0.15) is 49.5 Å². The van der Waals surface area contributed by atoms with E-state index in [1.54, 1.807) is 23.1 Å². The number of benzene rings is 2. The van der Waals surface area contributed by atoms with Gasteiger partial charge in [0.05, 0.1) is 24.3 Å². The molecular weight excluding hydrogens is 408 g/mol. The third-order valence-electron chi connectivity index (χ3n) is 6.46. The Hall–Kier alpha value is -3.03. The summed E-state index contributed by atoms with van der Waals surface area (Å²) in [5, 5.41) is 0. The lowest BCUT2D eigenvalue weighted by Crippen LogP contribution is -2.43. The number of imide groups is 1. The van der Waals surface area contributed by atoms with Gasteiger partial charge in [-0.2, -0.15) is 0 Å². The minimum atomic E-state index is -0.333. The average Bonchev–Trinajstić information content (AvgIpc) is 3.46. The van der Waals surface area contributed by atoms with Crippen molar-refractivity contribution in [2.75, 3.05) is 32.8 Å². The van der Waals surface area contributed by atoms with Crippen LogP contribution in [0.2, 0.25) is 0 Å². The van der Waals surface area contributed by atoms with E-state index in [-0.39, 0.29) is 29.9 Å². The highest BCUT2D eigenvalue weighted by molar-refractivity contribution is 6.22. The molecule has 7 heteroatoms. The van der Waals surface area contributed by atoms with Gasteiger partial charge in [-0.1, -0.05) is 30.3 Å². The molecule has 0 N–H and O–H groups in total. The third-order valence-corrected chi connectivity index (χ3v) is 6.46. The van der Waals surface area contributed by atoms with Crippen LogP contribution in [0, 0.1) is 5.92 Å². The van der Waals surface area contributed by atoms with E-state index in [1.807, 2.05) is 30.3 Å². The summed E-state index contributed by atoms with van der Waals surface area (Å²) in [5.41, 5.74) is 2.17. The molecule has 0 bridgehead atoms. The maximum Gasteiger partial charge on any atom is 0.261 e. The van der Waals surface area contributed by atoms with Crippen LogP contribution in [-0.4, -0.2) is 66.7 Å². The summed E-state index contributed by atoms with van der Waals surface area (Å²) in [6, 6.07) is 14.6. The Labute approximate surface area is 186 Å². The van der Waals surface area contributed by atoms with Gasteiger partial charge in [0.25, 0.3) is 17.7 Å². The molecule has 3 aliphatic heterocycles. The molecule has 2 fully saturated rings. The molecule has 2 aromatic carbocycles. The van der Waals surface area contributed by atoms with Gasteiger partial charge in [0, 0.05) is 31.1 Å². The second-order valence-corrected chi connectivity index (χ2v) is 8.52. The van der Waals surface area contributed by atoms with E-state index in [1.165, 1.54) is 4.90 Å². The van der Waals surface area contributed by atoms with Crippen molar-refractivity contribution in [3.8, 4) is 0 Å². The fourth-order valence-corrected chi connectivity index (χ4v) is 4.76. The number of hydrogen-bond donors (Lipinski definition) is 0. The Morgan fingerprint density at radius 2 is 1.72 bits per heavy atom. The van der Waals surface area contributed by atoms with Gasteiger partial charge in [0.2, 0.25) is 0 Å². The second kappa shape index (κ2) is 8.84. The monoisotopic (exact) mass is 434 g/mol. The molecule has 1 unspecified atom stereocenters. The standard InChI is InChI=1S/C25H26N2O5/c28-22(26-11-4-7-19(16-26)25-31-13-14-32-25)18-8-9-20-21(15-18)24(30)27(23(20)29)12-10-17-5-2-1-3-6-17/h1-3,5-6,8-9,15,19,25H,4,7,10-14,16H2. The first-order valence-electron chi connectivity index (χ1n) is 11.2. The molecule has 0 aromatic heterocycles. The Kier molecular flexibility index (Phi) is 5.76. The van der Waals surface area contributed by atoms with Gasteiger partial charge in [-0.3, -0.25) is 19.3 Å². The maximum absolute atomic E-state index is 13.2. The lowest BCUT2D eigenvalue weighted by atomic mass is 9.96. The van der Waals surface area contributed by atoms with Crippen LogP contribution >= 0.6 is 0 Å². The quantitative estimate of drug-likeness (QED) is 0.677. The predicted octanol–water partition coefficient (Wildman–Crippen LogP) is 2.75. The van der Waals surface area contributed by atoms with E-state index in [0.29, 0.717) is 56.0 Å². The van der Waals surface area contributed by atoms with Gasteiger partial charge < -0.3 is 14.4 Å². The first-order chi connectivity index (χ1) is 15.6. The number of nitrogens with zero attached hydrogens (tertiary/aromatic N) is 2. The molecular formula is C25H26N2O5. The lowest BCUT2D eigenvalue weighted by Gasteiger charge is -2.34. The maximum atomic E-state index is 13.2. The highest BCUT2D eigenvalue weighted by Crippen LogP contribution is 2.28. The number of likely N-dealkylation sites (tertiary alicyclic amines) is 1. The van der Waals surface area contributed by atoms with Crippen molar-refractivity contribution < 1.29 is 23.9 Å². The van der Waals surface area contributed by atoms with Gasteiger partial charge in [-0.25, -0.2) is 0 Å². The van der Waals surface area contributed by atoms with Crippen LogP contribution in [-0.2, 0) is 15.9 Å². The highest BCUT2D eigenvalue weighted by atomic mass is 16.7. The van der Waals surface area contributed by atoms with Crippen molar-refractivity contribution in [1.82, 2.24) is 9.80 Å². The Bertz CT molecular complexity index is 1030. The van der Waals surface area contributed by atoms with Gasteiger partial charge in [0.15, 0.2) is 6.29 Å². The van der Waals surface area contributed by atoms with Crippen molar-refractivity contribution >= 4 is 17.7 Å². The minimum Gasteiger partial charge on any atom is -0.350 e.